The Labute approximate surface area is 148 Å². The molecule has 0 radical (unpaired) electrons. The quantitative estimate of drug-likeness (QED) is 0.849. The zero-order chi connectivity index (χ0) is 17.6. The van der Waals surface area contributed by atoms with E-state index in [1.807, 2.05) is 60.5 Å². The smallest absolute Gasteiger partial charge is 0.224 e. The molecule has 5 heteroatoms. The van der Waals surface area contributed by atoms with Gasteiger partial charge >= 0.3 is 0 Å². The Hall–Kier alpha value is -2.53. The number of nitrogens with one attached hydrogen (secondary N) is 1. The van der Waals surface area contributed by atoms with Crippen molar-refractivity contribution in [2.24, 2.45) is 0 Å². The first-order valence-corrected chi connectivity index (χ1v) is 8.61. The zero-order valence-corrected chi connectivity index (χ0v) is 14.4. The summed E-state index contributed by atoms with van der Waals surface area (Å²) in [7, 11) is 1.92. The maximum Gasteiger partial charge on any atom is 0.224 e. The van der Waals surface area contributed by atoms with Gasteiger partial charge in [-0.25, -0.2) is 0 Å². The molecule has 0 bridgehead atoms. The van der Waals surface area contributed by atoms with Gasteiger partial charge in [0.15, 0.2) is 0 Å². The zero-order valence-electron chi connectivity index (χ0n) is 14.4. The molecule has 2 aromatic carbocycles. The molecule has 0 saturated heterocycles. The molecule has 0 aliphatic carbocycles. The van der Waals surface area contributed by atoms with Gasteiger partial charge in [-0.3, -0.25) is 4.79 Å². The fourth-order valence-electron chi connectivity index (χ4n) is 3.14. The number of para-hydroxylation sites is 1. The Kier molecular flexibility index (Phi) is 5.56. The predicted octanol–water partition coefficient (Wildman–Crippen LogP) is 3.01. The molecule has 2 aromatic rings. The number of carbonyl (C=O) groups excluding carboxylic acids is 1. The van der Waals surface area contributed by atoms with Crippen LogP contribution in [0.15, 0.2) is 48.5 Å². The number of aliphatic hydroxyl groups is 1. The van der Waals surface area contributed by atoms with Crippen molar-refractivity contribution >= 4 is 17.3 Å². The number of likely N-dealkylation sites (N-methyl/N-ethyl adjacent to an activating group) is 1. The molecule has 1 amide bonds. The van der Waals surface area contributed by atoms with Crippen molar-refractivity contribution in [3.05, 3.63) is 54.1 Å². The Morgan fingerprint density at radius 3 is 2.76 bits per heavy atom. The van der Waals surface area contributed by atoms with Crippen LogP contribution < -0.4 is 15.0 Å². The molecular weight excluding hydrogens is 316 g/mol. The van der Waals surface area contributed by atoms with E-state index < -0.39 is 0 Å². The molecule has 1 heterocycles. The van der Waals surface area contributed by atoms with Crippen molar-refractivity contribution in [3.8, 4) is 5.75 Å². The number of carbonyl (C=O) groups is 1. The number of amides is 1. The summed E-state index contributed by atoms with van der Waals surface area (Å²) in [6, 6.07) is 15.6. The third-order valence-corrected chi connectivity index (χ3v) is 4.54. The van der Waals surface area contributed by atoms with Crippen LogP contribution in [0.25, 0.3) is 0 Å². The number of hydrogen-bond donors (Lipinski definition) is 2. The van der Waals surface area contributed by atoms with Crippen LogP contribution in [0.5, 0.6) is 5.75 Å². The highest BCUT2D eigenvalue weighted by molar-refractivity contribution is 5.91. The SMILES string of the molecule is CN(CCO)c1ccc(NC(=O)CC2CCOc3ccccc32)cc1. The van der Waals surface area contributed by atoms with Crippen molar-refractivity contribution in [2.75, 3.05) is 37.0 Å². The molecule has 1 atom stereocenters. The van der Waals surface area contributed by atoms with Crippen LogP contribution >= 0.6 is 0 Å². The number of nitrogens with zero attached hydrogens (tertiary/aromatic N) is 1. The van der Waals surface area contributed by atoms with Gasteiger partial charge in [0, 0.05) is 31.4 Å². The van der Waals surface area contributed by atoms with Crippen LogP contribution in [-0.4, -0.2) is 37.8 Å². The second kappa shape index (κ2) is 8.03. The van der Waals surface area contributed by atoms with E-state index in [0.29, 0.717) is 19.6 Å². The molecule has 0 spiro atoms. The maximum atomic E-state index is 12.4. The van der Waals surface area contributed by atoms with E-state index in [1.54, 1.807) is 0 Å². The highest BCUT2D eigenvalue weighted by Gasteiger charge is 2.23. The molecule has 3 rings (SSSR count). The van der Waals surface area contributed by atoms with Gasteiger partial charge in [0.05, 0.1) is 13.2 Å². The van der Waals surface area contributed by atoms with Gasteiger partial charge in [-0.15, -0.1) is 0 Å². The summed E-state index contributed by atoms with van der Waals surface area (Å²) in [6.07, 6.45) is 1.31. The summed E-state index contributed by atoms with van der Waals surface area (Å²) in [5.41, 5.74) is 2.90. The van der Waals surface area contributed by atoms with E-state index in [0.717, 1.165) is 29.1 Å². The largest absolute Gasteiger partial charge is 0.493 e. The number of ether oxygens (including phenoxy) is 1. The summed E-state index contributed by atoms with van der Waals surface area (Å²) in [6.45, 7) is 1.34. The van der Waals surface area contributed by atoms with E-state index in [-0.39, 0.29) is 18.4 Å². The Balaban J connectivity index is 1.60. The van der Waals surface area contributed by atoms with Crippen LogP contribution in [0, 0.1) is 0 Å². The summed E-state index contributed by atoms with van der Waals surface area (Å²) < 4.78 is 5.65. The number of rotatable bonds is 6. The van der Waals surface area contributed by atoms with Crippen LogP contribution in [0.1, 0.15) is 24.3 Å². The van der Waals surface area contributed by atoms with Crippen molar-refractivity contribution in [1.82, 2.24) is 0 Å². The third-order valence-electron chi connectivity index (χ3n) is 4.54. The molecule has 2 N–H and O–H groups in total. The highest BCUT2D eigenvalue weighted by atomic mass is 16.5. The molecule has 25 heavy (non-hydrogen) atoms. The molecule has 0 aromatic heterocycles. The second-order valence-electron chi connectivity index (χ2n) is 6.32. The van der Waals surface area contributed by atoms with Crippen molar-refractivity contribution in [1.29, 1.82) is 0 Å². The van der Waals surface area contributed by atoms with Crippen LogP contribution in [0.3, 0.4) is 0 Å². The third kappa shape index (κ3) is 4.31. The van der Waals surface area contributed by atoms with E-state index in [9.17, 15) is 4.79 Å². The Morgan fingerprint density at radius 2 is 2.00 bits per heavy atom. The average Bonchev–Trinajstić information content (AvgIpc) is 2.63. The van der Waals surface area contributed by atoms with E-state index in [4.69, 9.17) is 9.84 Å². The van der Waals surface area contributed by atoms with Gasteiger partial charge in [-0.05, 0) is 48.2 Å². The maximum absolute atomic E-state index is 12.4. The fraction of sp³-hybridized carbons (Fsp3) is 0.350. The average molecular weight is 340 g/mol. The van der Waals surface area contributed by atoms with Crippen LogP contribution in [0.4, 0.5) is 11.4 Å². The summed E-state index contributed by atoms with van der Waals surface area (Å²) in [5, 5.41) is 12.0. The van der Waals surface area contributed by atoms with Gasteiger partial charge in [0.2, 0.25) is 5.91 Å². The van der Waals surface area contributed by atoms with Crippen molar-refractivity contribution in [2.45, 2.75) is 18.8 Å². The van der Waals surface area contributed by atoms with E-state index >= 15 is 0 Å². The number of aliphatic hydroxyl groups excluding tert-OH is 1. The minimum absolute atomic E-state index is 0.0122. The number of anilines is 2. The normalized spacial score (nSPS) is 15.8. The first-order chi connectivity index (χ1) is 12.2. The Bertz CT molecular complexity index is 715. The number of benzene rings is 2. The lowest BCUT2D eigenvalue weighted by Gasteiger charge is -2.25. The summed E-state index contributed by atoms with van der Waals surface area (Å²) in [4.78, 5) is 14.4. The summed E-state index contributed by atoms with van der Waals surface area (Å²) >= 11 is 0. The fourth-order valence-corrected chi connectivity index (χ4v) is 3.14. The van der Waals surface area contributed by atoms with Gasteiger partial charge in [-0.2, -0.15) is 0 Å². The van der Waals surface area contributed by atoms with Crippen molar-refractivity contribution < 1.29 is 14.6 Å². The minimum atomic E-state index is 0.0122. The van der Waals surface area contributed by atoms with Crippen LogP contribution in [-0.2, 0) is 4.79 Å². The monoisotopic (exact) mass is 340 g/mol. The highest BCUT2D eigenvalue weighted by Crippen LogP contribution is 2.35. The van der Waals surface area contributed by atoms with Gasteiger partial charge in [-0.1, -0.05) is 18.2 Å². The minimum Gasteiger partial charge on any atom is -0.493 e. The van der Waals surface area contributed by atoms with Gasteiger partial charge < -0.3 is 20.1 Å². The Morgan fingerprint density at radius 1 is 1.24 bits per heavy atom. The van der Waals surface area contributed by atoms with Gasteiger partial charge in [0.1, 0.15) is 5.75 Å². The molecular formula is C20H24N2O3. The molecule has 1 aliphatic heterocycles. The lowest BCUT2D eigenvalue weighted by molar-refractivity contribution is -0.116. The number of hydrogen-bond acceptors (Lipinski definition) is 4. The lowest BCUT2D eigenvalue weighted by atomic mass is 9.90. The van der Waals surface area contributed by atoms with Crippen LogP contribution in [0.2, 0.25) is 0 Å². The number of fused-ring (bicyclic) bond motifs is 1. The molecule has 1 unspecified atom stereocenters. The molecule has 0 saturated carbocycles. The van der Waals surface area contributed by atoms with E-state index in [2.05, 4.69) is 5.32 Å². The van der Waals surface area contributed by atoms with Crippen molar-refractivity contribution in [3.63, 3.8) is 0 Å². The topological polar surface area (TPSA) is 61.8 Å². The lowest BCUT2D eigenvalue weighted by Crippen LogP contribution is -2.21. The molecule has 5 nitrogen and oxygen atoms in total. The predicted molar refractivity (Wildman–Crippen MR) is 99.3 cm³/mol. The van der Waals surface area contributed by atoms with Gasteiger partial charge in [0.25, 0.3) is 0 Å². The molecule has 132 valence electrons. The standard InChI is InChI=1S/C20H24N2O3/c1-22(11-12-23)17-8-6-16(7-9-17)21-20(24)14-15-10-13-25-19-5-3-2-4-18(15)19/h2-9,15,23H,10-14H2,1H3,(H,21,24). The molecule has 0 fully saturated rings. The van der Waals surface area contributed by atoms with E-state index in [1.165, 1.54) is 0 Å². The second-order valence-corrected chi connectivity index (χ2v) is 6.32. The summed E-state index contributed by atoms with van der Waals surface area (Å²) in [5.74, 6) is 1.10. The first-order valence-electron chi connectivity index (χ1n) is 8.61. The molecule has 1 aliphatic rings. The first kappa shape index (κ1) is 17.3.